The third-order valence-corrected chi connectivity index (χ3v) is 4.40. The lowest BCUT2D eigenvalue weighted by atomic mass is 9.88. The molecule has 0 aromatic carbocycles. The van der Waals surface area contributed by atoms with Gasteiger partial charge in [-0.25, -0.2) is 4.79 Å². The lowest BCUT2D eigenvalue weighted by Crippen LogP contribution is -2.45. The van der Waals surface area contributed by atoms with E-state index in [1.54, 1.807) is 0 Å². The summed E-state index contributed by atoms with van der Waals surface area (Å²) in [6, 6.07) is 0.308. The maximum Gasteiger partial charge on any atom is 0.410 e. The number of nitrogens with two attached hydrogens (primary N) is 1. The molecule has 2 N–H and O–H groups in total. The molecule has 0 radical (unpaired) electrons. The fourth-order valence-corrected chi connectivity index (χ4v) is 3.61. The molecule has 0 bridgehead atoms. The van der Waals surface area contributed by atoms with E-state index < -0.39 is 5.60 Å². The minimum absolute atomic E-state index is 0.152. The molecule has 110 valence electrons. The normalized spacial score (nSPS) is 28.9. The third kappa shape index (κ3) is 3.41. The Morgan fingerprint density at radius 1 is 1.26 bits per heavy atom. The second-order valence-corrected chi connectivity index (χ2v) is 6.99. The van der Waals surface area contributed by atoms with Crippen LogP contribution in [-0.2, 0) is 4.74 Å². The molecule has 2 unspecified atom stereocenters. The lowest BCUT2D eigenvalue weighted by molar-refractivity contribution is 0.0151. The first kappa shape index (κ1) is 14.6. The predicted octanol–water partition coefficient (Wildman–Crippen LogP) is 2.76. The number of likely N-dealkylation sites (tertiary alicyclic amines) is 1. The molecule has 0 aromatic heterocycles. The first-order chi connectivity index (χ1) is 8.92. The Bertz CT molecular complexity index is 319. The molecule has 1 aliphatic heterocycles. The average Bonchev–Trinajstić information content (AvgIpc) is 2.95. The van der Waals surface area contributed by atoms with Crippen LogP contribution >= 0.6 is 0 Å². The molecule has 0 spiro atoms. The predicted molar refractivity (Wildman–Crippen MR) is 75.8 cm³/mol. The van der Waals surface area contributed by atoms with Gasteiger partial charge in [-0.05, 0) is 58.4 Å². The summed E-state index contributed by atoms with van der Waals surface area (Å²) in [7, 11) is 0. The highest BCUT2D eigenvalue weighted by molar-refractivity contribution is 5.69. The highest BCUT2D eigenvalue weighted by atomic mass is 16.6. The number of hydrogen-bond acceptors (Lipinski definition) is 3. The molecule has 1 heterocycles. The van der Waals surface area contributed by atoms with Crippen molar-refractivity contribution in [1.29, 1.82) is 0 Å². The van der Waals surface area contributed by atoms with Gasteiger partial charge in [-0.3, -0.25) is 0 Å². The van der Waals surface area contributed by atoms with Gasteiger partial charge in [0, 0.05) is 12.6 Å². The van der Waals surface area contributed by atoms with Crippen molar-refractivity contribution in [3.05, 3.63) is 0 Å². The third-order valence-electron chi connectivity index (χ3n) is 4.40. The Kier molecular flexibility index (Phi) is 4.39. The molecule has 1 saturated heterocycles. The molecule has 2 rings (SSSR count). The minimum atomic E-state index is -0.419. The van der Waals surface area contributed by atoms with Crippen LogP contribution in [0.5, 0.6) is 0 Å². The fraction of sp³-hybridized carbons (Fsp3) is 0.933. The van der Waals surface area contributed by atoms with E-state index in [-0.39, 0.29) is 6.09 Å². The summed E-state index contributed by atoms with van der Waals surface area (Å²) in [5.41, 5.74) is 5.48. The van der Waals surface area contributed by atoms with Gasteiger partial charge in [0.15, 0.2) is 0 Å². The molecule has 2 aliphatic rings. The number of carbonyl (C=O) groups is 1. The Labute approximate surface area is 116 Å². The van der Waals surface area contributed by atoms with Crippen LogP contribution in [0.2, 0.25) is 0 Å². The van der Waals surface area contributed by atoms with E-state index in [1.165, 1.54) is 25.7 Å². The number of amides is 1. The largest absolute Gasteiger partial charge is 0.444 e. The van der Waals surface area contributed by atoms with Crippen LogP contribution in [0.3, 0.4) is 0 Å². The second kappa shape index (κ2) is 5.70. The van der Waals surface area contributed by atoms with Gasteiger partial charge in [0.2, 0.25) is 0 Å². The molecule has 2 fully saturated rings. The van der Waals surface area contributed by atoms with Crippen LogP contribution in [0.25, 0.3) is 0 Å². The summed E-state index contributed by atoms with van der Waals surface area (Å²) in [6.45, 7) is 7.25. The number of hydrogen-bond donors (Lipinski definition) is 1. The molecule has 1 aliphatic carbocycles. The Balaban J connectivity index is 2.07. The van der Waals surface area contributed by atoms with E-state index in [9.17, 15) is 4.79 Å². The molecular formula is C15H28N2O2. The SMILES string of the molecule is CC(C)(C)OC(=O)N1CCC(CN)C1C1CCCC1. The Morgan fingerprint density at radius 3 is 2.42 bits per heavy atom. The van der Waals surface area contributed by atoms with Crippen LogP contribution in [0.4, 0.5) is 4.79 Å². The van der Waals surface area contributed by atoms with E-state index in [4.69, 9.17) is 10.5 Å². The van der Waals surface area contributed by atoms with Crippen LogP contribution in [0, 0.1) is 11.8 Å². The smallest absolute Gasteiger partial charge is 0.410 e. The summed E-state index contributed by atoms with van der Waals surface area (Å²) in [6.07, 6.45) is 5.93. The van der Waals surface area contributed by atoms with Crippen LogP contribution in [-0.4, -0.2) is 35.7 Å². The van der Waals surface area contributed by atoms with Crippen molar-refractivity contribution in [3.8, 4) is 0 Å². The van der Waals surface area contributed by atoms with Crippen molar-refractivity contribution in [2.45, 2.75) is 64.5 Å². The van der Waals surface area contributed by atoms with E-state index in [0.717, 1.165) is 13.0 Å². The minimum Gasteiger partial charge on any atom is -0.444 e. The summed E-state index contributed by atoms with van der Waals surface area (Å²) in [5.74, 6) is 1.08. The zero-order valence-electron chi connectivity index (χ0n) is 12.5. The van der Waals surface area contributed by atoms with E-state index in [2.05, 4.69) is 0 Å². The highest BCUT2D eigenvalue weighted by Gasteiger charge is 2.43. The van der Waals surface area contributed by atoms with Gasteiger partial charge < -0.3 is 15.4 Å². The topological polar surface area (TPSA) is 55.6 Å². The highest BCUT2D eigenvalue weighted by Crippen LogP contribution is 2.38. The van der Waals surface area contributed by atoms with Crippen molar-refractivity contribution in [3.63, 3.8) is 0 Å². The summed E-state index contributed by atoms with van der Waals surface area (Å²) < 4.78 is 5.55. The summed E-state index contributed by atoms with van der Waals surface area (Å²) >= 11 is 0. The quantitative estimate of drug-likeness (QED) is 0.838. The maximum absolute atomic E-state index is 12.4. The van der Waals surface area contributed by atoms with Gasteiger partial charge in [-0.15, -0.1) is 0 Å². The Hall–Kier alpha value is -0.770. The number of rotatable bonds is 2. The van der Waals surface area contributed by atoms with Crippen molar-refractivity contribution in [1.82, 2.24) is 4.90 Å². The van der Waals surface area contributed by atoms with Gasteiger partial charge in [0.1, 0.15) is 5.60 Å². The van der Waals surface area contributed by atoms with Gasteiger partial charge >= 0.3 is 6.09 Å². The van der Waals surface area contributed by atoms with Crippen molar-refractivity contribution >= 4 is 6.09 Å². The summed E-state index contributed by atoms with van der Waals surface area (Å²) in [5, 5.41) is 0. The van der Waals surface area contributed by atoms with Crippen molar-refractivity contribution in [2.75, 3.05) is 13.1 Å². The maximum atomic E-state index is 12.4. The molecule has 19 heavy (non-hydrogen) atoms. The molecule has 1 amide bonds. The molecule has 4 heteroatoms. The first-order valence-corrected chi connectivity index (χ1v) is 7.62. The van der Waals surface area contributed by atoms with E-state index >= 15 is 0 Å². The van der Waals surface area contributed by atoms with Gasteiger partial charge in [-0.2, -0.15) is 0 Å². The zero-order chi connectivity index (χ0) is 14.0. The van der Waals surface area contributed by atoms with Crippen LogP contribution in [0.1, 0.15) is 52.9 Å². The number of carbonyl (C=O) groups excluding carboxylic acids is 1. The first-order valence-electron chi connectivity index (χ1n) is 7.62. The van der Waals surface area contributed by atoms with Crippen molar-refractivity contribution in [2.24, 2.45) is 17.6 Å². The molecular weight excluding hydrogens is 240 g/mol. The molecule has 1 saturated carbocycles. The number of nitrogens with zero attached hydrogens (tertiary/aromatic N) is 1. The number of ether oxygens (including phenoxy) is 1. The Morgan fingerprint density at radius 2 is 1.89 bits per heavy atom. The van der Waals surface area contributed by atoms with Crippen molar-refractivity contribution < 1.29 is 9.53 Å². The van der Waals surface area contributed by atoms with Crippen LogP contribution in [0.15, 0.2) is 0 Å². The molecule has 0 aromatic rings. The molecule has 2 atom stereocenters. The summed E-state index contributed by atoms with van der Waals surface area (Å²) in [4.78, 5) is 14.3. The fourth-order valence-electron chi connectivity index (χ4n) is 3.61. The van der Waals surface area contributed by atoms with Crippen LogP contribution < -0.4 is 5.73 Å². The van der Waals surface area contributed by atoms with E-state index in [0.29, 0.717) is 24.4 Å². The van der Waals surface area contributed by atoms with Gasteiger partial charge in [0.25, 0.3) is 0 Å². The monoisotopic (exact) mass is 268 g/mol. The zero-order valence-corrected chi connectivity index (χ0v) is 12.5. The van der Waals surface area contributed by atoms with E-state index in [1.807, 2.05) is 25.7 Å². The van der Waals surface area contributed by atoms with Gasteiger partial charge in [-0.1, -0.05) is 12.8 Å². The standard InChI is InChI=1S/C15H28N2O2/c1-15(2,3)19-14(18)17-9-8-12(10-16)13(17)11-6-4-5-7-11/h11-13H,4-10,16H2,1-3H3. The average molecular weight is 268 g/mol. The lowest BCUT2D eigenvalue weighted by Gasteiger charge is -2.34. The molecule has 4 nitrogen and oxygen atoms in total. The van der Waals surface area contributed by atoms with Gasteiger partial charge in [0.05, 0.1) is 0 Å². The second-order valence-electron chi connectivity index (χ2n) is 6.99.